The van der Waals surface area contributed by atoms with Crippen molar-refractivity contribution >= 4 is 26.9 Å². The SMILES string of the molecule is O=c1cc(CCCO)c2cc(Br)ccc2o1. The Kier molecular flexibility index (Phi) is 3.41. The van der Waals surface area contributed by atoms with Crippen LogP contribution in [0.3, 0.4) is 0 Å². The second-order valence-electron chi connectivity index (χ2n) is 3.56. The highest BCUT2D eigenvalue weighted by Crippen LogP contribution is 2.22. The molecule has 0 spiro atoms. The van der Waals surface area contributed by atoms with Crippen molar-refractivity contribution in [2.24, 2.45) is 0 Å². The third kappa shape index (κ3) is 2.33. The first-order valence-electron chi connectivity index (χ1n) is 5.04. The van der Waals surface area contributed by atoms with Crippen LogP contribution in [0.2, 0.25) is 0 Å². The first kappa shape index (κ1) is 11.4. The van der Waals surface area contributed by atoms with Gasteiger partial charge in [0.15, 0.2) is 0 Å². The van der Waals surface area contributed by atoms with Crippen molar-refractivity contribution in [1.29, 1.82) is 0 Å². The van der Waals surface area contributed by atoms with Gasteiger partial charge < -0.3 is 9.52 Å². The maximum atomic E-state index is 11.3. The Balaban J connectivity index is 2.60. The summed E-state index contributed by atoms with van der Waals surface area (Å²) in [5.41, 5.74) is 1.16. The largest absolute Gasteiger partial charge is 0.423 e. The molecular formula is C12H11BrO3. The lowest BCUT2D eigenvalue weighted by Gasteiger charge is -2.04. The maximum absolute atomic E-state index is 11.3. The molecule has 0 bridgehead atoms. The van der Waals surface area contributed by atoms with Crippen LogP contribution in [0.4, 0.5) is 0 Å². The molecule has 0 amide bonds. The number of rotatable bonds is 3. The molecule has 1 N–H and O–H groups in total. The molecule has 1 heterocycles. The number of benzene rings is 1. The zero-order valence-corrected chi connectivity index (χ0v) is 10.2. The monoisotopic (exact) mass is 282 g/mol. The molecular weight excluding hydrogens is 272 g/mol. The van der Waals surface area contributed by atoms with Crippen LogP contribution in [0, 0.1) is 0 Å². The molecule has 16 heavy (non-hydrogen) atoms. The Morgan fingerprint density at radius 2 is 2.12 bits per heavy atom. The van der Waals surface area contributed by atoms with Crippen LogP contribution in [-0.4, -0.2) is 11.7 Å². The van der Waals surface area contributed by atoms with E-state index in [0.29, 0.717) is 18.4 Å². The molecule has 0 unspecified atom stereocenters. The molecule has 0 saturated heterocycles. The van der Waals surface area contributed by atoms with Gasteiger partial charge in [-0.15, -0.1) is 0 Å². The molecule has 0 aliphatic heterocycles. The molecule has 2 aromatic rings. The highest BCUT2D eigenvalue weighted by atomic mass is 79.9. The normalized spacial score (nSPS) is 10.9. The predicted octanol–water partition coefficient (Wildman–Crippen LogP) is 2.48. The van der Waals surface area contributed by atoms with Crippen LogP contribution in [0.1, 0.15) is 12.0 Å². The smallest absolute Gasteiger partial charge is 0.336 e. The van der Waals surface area contributed by atoms with Crippen molar-refractivity contribution in [3.63, 3.8) is 0 Å². The van der Waals surface area contributed by atoms with Crippen molar-refractivity contribution in [3.05, 3.63) is 44.7 Å². The van der Waals surface area contributed by atoms with Gasteiger partial charge in [-0.05, 0) is 36.6 Å². The number of hydrogen-bond acceptors (Lipinski definition) is 3. The lowest BCUT2D eigenvalue weighted by Crippen LogP contribution is -2.01. The summed E-state index contributed by atoms with van der Waals surface area (Å²) in [6.45, 7) is 0.121. The van der Waals surface area contributed by atoms with E-state index in [-0.39, 0.29) is 12.2 Å². The zero-order chi connectivity index (χ0) is 11.5. The average molecular weight is 283 g/mol. The molecule has 0 atom stereocenters. The lowest BCUT2D eigenvalue weighted by atomic mass is 10.1. The summed E-state index contributed by atoms with van der Waals surface area (Å²) in [4.78, 5) is 11.3. The summed E-state index contributed by atoms with van der Waals surface area (Å²) in [5, 5.41) is 9.73. The van der Waals surface area contributed by atoms with Crippen molar-refractivity contribution in [3.8, 4) is 0 Å². The summed E-state index contributed by atoms with van der Waals surface area (Å²) in [5.74, 6) is 0. The molecule has 0 aliphatic carbocycles. The van der Waals surface area contributed by atoms with Crippen LogP contribution in [0.25, 0.3) is 11.0 Å². The maximum Gasteiger partial charge on any atom is 0.336 e. The number of hydrogen-bond donors (Lipinski definition) is 1. The van der Waals surface area contributed by atoms with E-state index >= 15 is 0 Å². The van der Waals surface area contributed by atoms with Crippen LogP contribution in [-0.2, 0) is 6.42 Å². The number of fused-ring (bicyclic) bond motifs is 1. The van der Waals surface area contributed by atoms with Crippen molar-refractivity contribution in [2.75, 3.05) is 6.61 Å². The summed E-state index contributed by atoms with van der Waals surface area (Å²) in [6.07, 6.45) is 1.32. The molecule has 2 rings (SSSR count). The van der Waals surface area contributed by atoms with Crippen LogP contribution >= 0.6 is 15.9 Å². The number of aryl methyl sites for hydroxylation is 1. The molecule has 0 radical (unpaired) electrons. The molecule has 0 aliphatic rings. The molecule has 84 valence electrons. The van der Waals surface area contributed by atoms with E-state index in [0.717, 1.165) is 15.4 Å². The van der Waals surface area contributed by atoms with Gasteiger partial charge in [0.25, 0.3) is 0 Å². The van der Waals surface area contributed by atoms with Gasteiger partial charge in [-0.3, -0.25) is 0 Å². The van der Waals surface area contributed by atoms with E-state index in [1.165, 1.54) is 6.07 Å². The topological polar surface area (TPSA) is 50.4 Å². The van der Waals surface area contributed by atoms with E-state index in [4.69, 9.17) is 9.52 Å². The Morgan fingerprint density at radius 1 is 1.31 bits per heavy atom. The second-order valence-corrected chi connectivity index (χ2v) is 4.47. The summed E-state index contributed by atoms with van der Waals surface area (Å²) >= 11 is 3.38. The fourth-order valence-corrected chi connectivity index (χ4v) is 2.04. The third-order valence-corrected chi connectivity index (χ3v) is 2.89. The van der Waals surface area contributed by atoms with Crippen LogP contribution in [0.15, 0.2) is 37.9 Å². The van der Waals surface area contributed by atoms with Gasteiger partial charge in [-0.1, -0.05) is 15.9 Å². The van der Waals surface area contributed by atoms with E-state index in [1.54, 1.807) is 6.07 Å². The Hall–Kier alpha value is -1.13. The molecule has 1 aromatic carbocycles. The Labute approximate surface area is 101 Å². The van der Waals surface area contributed by atoms with Crippen LogP contribution in [0.5, 0.6) is 0 Å². The Morgan fingerprint density at radius 3 is 2.88 bits per heavy atom. The molecule has 0 fully saturated rings. The fraction of sp³-hybridized carbons (Fsp3) is 0.250. The quantitative estimate of drug-likeness (QED) is 0.880. The molecule has 4 heteroatoms. The van der Waals surface area contributed by atoms with Crippen LogP contribution < -0.4 is 5.63 Å². The first-order chi connectivity index (χ1) is 7.70. The average Bonchev–Trinajstić information content (AvgIpc) is 2.26. The van der Waals surface area contributed by atoms with Gasteiger partial charge in [0.05, 0.1) is 0 Å². The number of halogens is 1. The molecule has 3 nitrogen and oxygen atoms in total. The minimum absolute atomic E-state index is 0.121. The van der Waals surface area contributed by atoms with E-state index in [9.17, 15) is 4.79 Å². The van der Waals surface area contributed by atoms with E-state index < -0.39 is 0 Å². The number of aliphatic hydroxyl groups is 1. The van der Waals surface area contributed by atoms with E-state index in [2.05, 4.69) is 15.9 Å². The highest BCUT2D eigenvalue weighted by Gasteiger charge is 2.05. The van der Waals surface area contributed by atoms with Crippen molar-refractivity contribution < 1.29 is 9.52 Å². The predicted molar refractivity (Wildman–Crippen MR) is 65.6 cm³/mol. The van der Waals surface area contributed by atoms with Gasteiger partial charge in [-0.2, -0.15) is 0 Å². The van der Waals surface area contributed by atoms with Crippen molar-refractivity contribution in [1.82, 2.24) is 0 Å². The highest BCUT2D eigenvalue weighted by molar-refractivity contribution is 9.10. The van der Waals surface area contributed by atoms with Crippen molar-refractivity contribution in [2.45, 2.75) is 12.8 Å². The minimum Gasteiger partial charge on any atom is -0.423 e. The Bertz CT molecular complexity index is 560. The third-order valence-electron chi connectivity index (χ3n) is 2.39. The lowest BCUT2D eigenvalue weighted by molar-refractivity contribution is 0.288. The second kappa shape index (κ2) is 4.80. The van der Waals surface area contributed by atoms with Gasteiger partial charge in [0, 0.05) is 22.5 Å². The standard InChI is InChI=1S/C12H11BrO3/c13-9-3-4-11-10(7-9)8(2-1-5-14)6-12(15)16-11/h3-4,6-7,14H,1-2,5H2. The fourth-order valence-electron chi connectivity index (χ4n) is 1.68. The van der Waals surface area contributed by atoms with Gasteiger partial charge >= 0.3 is 5.63 Å². The van der Waals surface area contributed by atoms with E-state index in [1.807, 2.05) is 12.1 Å². The van der Waals surface area contributed by atoms with Gasteiger partial charge in [-0.25, -0.2) is 4.79 Å². The summed E-state index contributed by atoms with van der Waals surface area (Å²) in [7, 11) is 0. The summed E-state index contributed by atoms with van der Waals surface area (Å²) in [6, 6.07) is 7.01. The number of aliphatic hydroxyl groups excluding tert-OH is 1. The first-order valence-corrected chi connectivity index (χ1v) is 5.83. The summed E-state index contributed by atoms with van der Waals surface area (Å²) < 4.78 is 6.04. The molecule has 0 saturated carbocycles. The van der Waals surface area contributed by atoms with Gasteiger partial charge in [0.1, 0.15) is 5.58 Å². The molecule has 1 aromatic heterocycles. The van der Waals surface area contributed by atoms with Gasteiger partial charge in [0.2, 0.25) is 0 Å². The zero-order valence-electron chi connectivity index (χ0n) is 8.57. The minimum atomic E-state index is -0.345.